The van der Waals surface area contributed by atoms with Gasteiger partial charge in [-0.1, -0.05) is 43.8 Å². The third-order valence-electron chi connectivity index (χ3n) is 7.01. The van der Waals surface area contributed by atoms with Crippen molar-refractivity contribution in [2.45, 2.75) is 42.0 Å². The lowest BCUT2D eigenvalue weighted by Gasteiger charge is -2.39. The van der Waals surface area contributed by atoms with E-state index in [2.05, 4.69) is 36.9 Å². The van der Waals surface area contributed by atoms with E-state index in [9.17, 15) is 13.6 Å². The van der Waals surface area contributed by atoms with E-state index >= 15 is 0 Å². The Hall–Kier alpha value is -2.90. The summed E-state index contributed by atoms with van der Waals surface area (Å²) in [6.45, 7) is 7.06. The van der Waals surface area contributed by atoms with Gasteiger partial charge >= 0.3 is 0 Å². The summed E-state index contributed by atoms with van der Waals surface area (Å²) >= 11 is 1.65. The van der Waals surface area contributed by atoms with E-state index < -0.39 is 0 Å². The molecule has 3 aromatic carbocycles. The summed E-state index contributed by atoms with van der Waals surface area (Å²) in [5.74, 6) is 0.275. The smallest absolute Gasteiger partial charge is 0.260 e. The number of hydrogen-bond donors (Lipinski definition) is 0. The molecule has 0 radical (unpaired) electrons. The number of carbonyl (C=O) groups excluding carboxylic acids is 1. The van der Waals surface area contributed by atoms with Crippen LogP contribution in [0.15, 0.2) is 70.5 Å². The zero-order valence-electron chi connectivity index (χ0n) is 20.5. The molecule has 36 heavy (non-hydrogen) atoms. The number of nitrogens with zero attached hydrogens (tertiary/aromatic N) is 2. The Morgan fingerprint density at radius 3 is 2.39 bits per heavy atom. The lowest BCUT2D eigenvalue weighted by Crippen LogP contribution is -2.51. The van der Waals surface area contributed by atoms with Gasteiger partial charge in [-0.3, -0.25) is 9.69 Å². The molecule has 7 heteroatoms. The van der Waals surface area contributed by atoms with Gasteiger partial charge in [0.05, 0.1) is 0 Å². The van der Waals surface area contributed by atoms with Gasteiger partial charge in [0.2, 0.25) is 0 Å². The maximum absolute atomic E-state index is 14.0. The molecule has 0 aromatic heterocycles. The van der Waals surface area contributed by atoms with E-state index in [1.54, 1.807) is 23.9 Å². The highest BCUT2D eigenvalue weighted by molar-refractivity contribution is 7.99. The lowest BCUT2D eigenvalue weighted by atomic mass is 9.93. The molecular formula is C29H30F2N2O2S. The number of rotatable bonds is 5. The second kappa shape index (κ2) is 10.6. The molecule has 2 heterocycles. The summed E-state index contributed by atoms with van der Waals surface area (Å²) in [6, 6.07) is 17.6. The van der Waals surface area contributed by atoms with Crippen molar-refractivity contribution < 1.29 is 18.3 Å². The average molecular weight is 509 g/mol. The average Bonchev–Trinajstić information content (AvgIpc) is 3.04. The first kappa shape index (κ1) is 24.8. The molecular weight excluding hydrogens is 478 g/mol. The van der Waals surface area contributed by atoms with Crippen molar-refractivity contribution in [1.29, 1.82) is 0 Å². The van der Waals surface area contributed by atoms with Crippen LogP contribution in [0.2, 0.25) is 0 Å². The molecule has 1 fully saturated rings. The summed E-state index contributed by atoms with van der Waals surface area (Å²) in [4.78, 5) is 19.2. The monoisotopic (exact) mass is 508 g/mol. The molecule has 1 amide bonds. The van der Waals surface area contributed by atoms with Crippen molar-refractivity contribution in [3.05, 3.63) is 89.0 Å². The van der Waals surface area contributed by atoms with Gasteiger partial charge in [0.1, 0.15) is 17.4 Å². The fourth-order valence-corrected chi connectivity index (χ4v) is 6.02. The topological polar surface area (TPSA) is 32.8 Å². The van der Waals surface area contributed by atoms with Gasteiger partial charge in [0.15, 0.2) is 6.61 Å². The predicted octanol–water partition coefficient (Wildman–Crippen LogP) is 6.06. The van der Waals surface area contributed by atoms with Crippen molar-refractivity contribution in [1.82, 2.24) is 9.80 Å². The number of carbonyl (C=O) groups is 1. The fourth-order valence-electron chi connectivity index (χ4n) is 4.88. The Balaban J connectivity index is 1.31. The third-order valence-corrected chi connectivity index (χ3v) is 8.20. The SMILES string of the molecule is CC(C)c1ccc2c(c1)C(N1CCN(C(=O)COc3ccc(F)cc3)CC1)Cc1ccc(F)cc1S2. The van der Waals surface area contributed by atoms with Gasteiger partial charge in [-0.15, -0.1) is 0 Å². The molecule has 3 aromatic rings. The second-order valence-corrected chi connectivity index (χ2v) is 10.8. The minimum Gasteiger partial charge on any atom is -0.484 e. The van der Waals surface area contributed by atoms with E-state index in [1.807, 2.05) is 11.0 Å². The Morgan fingerprint density at radius 1 is 0.944 bits per heavy atom. The molecule has 4 nitrogen and oxygen atoms in total. The minimum absolute atomic E-state index is 0.0643. The number of piperazine rings is 1. The Morgan fingerprint density at radius 2 is 1.67 bits per heavy atom. The molecule has 1 atom stereocenters. The van der Waals surface area contributed by atoms with E-state index in [-0.39, 0.29) is 30.2 Å². The van der Waals surface area contributed by atoms with Crippen molar-refractivity contribution in [3.63, 3.8) is 0 Å². The van der Waals surface area contributed by atoms with Crippen LogP contribution in [-0.4, -0.2) is 48.5 Å². The number of halogens is 2. The van der Waals surface area contributed by atoms with Gasteiger partial charge in [-0.2, -0.15) is 0 Å². The first-order valence-electron chi connectivity index (χ1n) is 12.4. The van der Waals surface area contributed by atoms with Crippen LogP contribution in [0.3, 0.4) is 0 Å². The van der Waals surface area contributed by atoms with Crippen LogP contribution >= 0.6 is 11.8 Å². The zero-order chi connectivity index (χ0) is 25.2. The first-order valence-corrected chi connectivity index (χ1v) is 13.2. The van der Waals surface area contributed by atoms with Crippen molar-refractivity contribution in [2.75, 3.05) is 32.8 Å². The molecule has 5 rings (SSSR count). The number of benzene rings is 3. The van der Waals surface area contributed by atoms with Gasteiger partial charge in [0.25, 0.3) is 5.91 Å². The normalized spacial score (nSPS) is 17.9. The number of hydrogen-bond acceptors (Lipinski definition) is 4. The minimum atomic E-state index is -0.337. The van der Waals surface area contributed by atoms with Crippen molar-refractivity contribution in [2.24, 2.45) is 0 Å². The van der Waals surface area contributed by atoms with Crippen LogP contribution in [0, 0.1) is 11.6 Å². The lowest BCUT2D eigenvalue weighted by molar-refractivity contribution is -0.135. The van der Waals surface area contributed by atoms with Gasteiger partial charge < -0.3 is 9.64 Å². The van der Waals surface area contributed by atoms with Gasteiger partial charge in [-0.05, 0) is 71.5 Å². The molecule has 1 unspecified atom stereocenters. The summed E-state index contributed by atoms with van der Waals surface area (Å²) in [6.07, 6.45) is 0.804. The molecule has 1 saturated heterocycles. The Kier molecular flexibility index (Phi) is 7.30. The van der Waals surface area contributed by atoms with E-state index in [4.69, 9.17) is 4.74 Å². The van der Waals surface area contributed by atoms with E-state index in [1.165, 1.54) is 40.3 Å². The van der Waals surface area contributed by atoms with Gasteiger partial charge in [-0.25, -0.2) is 8.78 Å². The molecule has 0 aliphatic carbocycles. The van der Waals surface area contributed by atoms with Crippen LogP contribution in [0.1, 0.15) is 42.5 Å². The maximum atomic E-state index is 14.0. The van der Waals surface area contributed by atoms with Crippen LogP contribution in [0.25, 0.3) is 0 Å². The highest BCUT2D eigenvalue weighted by Gasteiger charge is 2.31. The summed E-state index contributed by atoms with van der Waals surface area (Å²) in [7, 11) is 0. The fraction of sp³-hybridized carbons (Fsp3) is 0.345. The zero-order valence-corrected chi connectivity index (χ0v) is 21.4. The summed E-state index contributed by atoms with van der Waals surface area (Å²) in [5.41, 5.74) is 3.73. The Labute approximate surface area is 215 Å². The molecule has 188 valence electrons. The van der Waals surface area contributed by atoms with E-state index in [0.717, 1.165) is 30.0 Å². The molecule has 0 N–H and O–H groups in total. The van der Waals surface area contributed by atoms with Crippen LogP contribution < -0.4 is 4.74 Å². The van der Waals surface area contributed by atoms with Crippen LogP contribution in [0.5, 0.6) is 5.75 Å². The molecule has 2 aliphatic heterocycles. The quantitative estimate of drug-likeness (QED) is 0.420. The number of fused-ring (bicyclic) bond motifs is 2. The summed E-state index contributed by atoms with van der Waals surface area (Å²) in [5, 5.41) is 0. The molecule has 0 spiro atoms. The summed E-state index contributed by atoms with van der Waals surface area (Å²) < 4.78 is 32.7. The van der Waals surface area contributed by atoms with Gasteiger partial charge in [0, 0.05) is 42.0 Å². The molecule has 2 aliphatic rings. The van der Waals surface area contributed by atoms with Crippen molar-refractivity contribution >= 4 is 17.7 Å². The highest BCUT2D eigenvalue weighted by Crippen LogP contribution is 2.44. The highest BCUT2D eigenvalue weighted by atomic mass is 32.2. The second-order valence-electron chi connectivity index (χ2n) is 9.69. The number of amides is 1. The maximum Gasteiger partial charge on any atom is 0.260 e. The predicted molar refractivity (Wildman–Crippen MR) is 138 cm³/mol. The third kappa shape index (κ3) is 5.42. The van der Waals surface area contributed by atoms with E-state index in [0.29, 0.717) is 24.8 Å². The molecule has 0 bridgehead atoms. The van der Waals surface area contributed by atoms with Crippen LogP contribution in [0.4, 0.5) is 8.78 Å². The Bertz CT molecular complexity index is 1240. The van der Waals surface area contributed by atoms with Crippen LogP contribution in [-0.2, 0) is 11.2 Å². The first-order chi connectivity index (χ1) is 17.4. The largest absolute Gasteiger partial charge is 0.484 e. The number of ether oxygens (including phenoxy) is 1. The molecule has 0 saturated carbocycles. The standard InChI is InChI=1S/C29H30F2N2O2S/c1-19(2)20-4-10-27-25(15-20)26(16-21-3-5-23(31)17-28(21)36-27)32-11-13-33(14-12-32)29(34)18-35-24-8-6-22(30)7-9-24/h3-10,15,17,19,26H,11-14,16,18H2,1-2H3. The van der Waals surface area contributed by atoms with Crippen molar-refractivity contribution in [3.8, 4) is 5.75 Å².